The van der Waals surface area contributed by atoms with Crippen molar-refractivity contribution in [3.05, 3.63) is 77.1 Å². The number of anilines is 1. The normalized spacial score (nSPS) is 14.6. The fourth-order valence-electron chi connectivity index (χ4n) is 4.01. The predicted molar refractivity (Wildman–Crippen MR) is 122 cm³/mol. The number of hydrogen-bond donors (Lipinski definition) is 0. The zero-order valence-corrected chi connectivity index (χ0v) is 18.5. The second kappa shape index (κ2) is 8.64. The minimum atomic E-state index is -4.51. The molecule has 1 amide bonds. The number of furan rings is 1. The van der Waals surface area contributed by atoms with E-state index < -0.39 is 11.7 Å². The molecule has 1 saturated heterocycles. The Morgan fingerprint density at radius 3 is 2.47 bits per heavy atom. The van der Waals surface area contributed by atoms with Crippen molar-refractivity contribution in [1.29, 1.82) is 0 Å². The molecule has 1 aliphatic heterocycles. The van der Waals surface area contributed by atoms with Crippen LogP contribution < -0.4 is 4.90 Å². The molecule has 3 aromatic heterocycles. The van der Waals surface area contributed by atoms with Crippen LogP contribution in [-0.2, 0) is 6.18 Å². The van der Waals surface area contributed by atoms with Crippen molar-refractivity contribution >= 4 is 34.2 Å². The second-order valence-electron chi connectivity index (χ2n) is 7.86. The molecule has 0 atom stereocenters. The average Bonchev–Trinajstić information content (AvgIpc) is 3.38. The first kappa shape index (κ1) is 22.2. The van der Waals surface area contributed by atoms with Crippen molar-refractivity contribution in [1.82, 2.24) is 14.9 Å². The maximum absolute atomic E-state index is 13.5. The van der Waals surface area contributed by atoms with Gasteiger partial charge in [0.1, 0.15) is 11.5 Å². The van der Waals surface area contributed by atoms with E-state index in [4.69, 9.17) is 16.0 Å². The van der Waals surface area contributed by atoms with E-state index in [0.717, 1.165) is 17.6 Å². The second-order valence-corrected chi connectivity index (χ2v) is 8.26. The number of halogens is 4. The molecule has 0 bridgehead atoms. The summed E-state index contributed by atoms with van der Waals surface area (Å²) in [4.78, 5) is 25.5. The molecule has 4 aromatic rings. The molecular formula is C24H18ClF3N4O2. The minimum absolute atomic E-state index is 0.0715. The van der Waals surface area contributed by atoms with Crippen molar-refractivity contribution in [2.45, 2.75) is 6.18 Å². The van der Waals surface area contributed by atoms with Crippen LogP contribution in [0.1, 0.15) is 15.9 Å². The summed E-state index contributed by atoms with van der Waals surface area (Å²) in [7, 11) is 0. The van der Waals surface area contributed by atoms with E-state index in [1.807, 2.05) is 24.3 Å². The van der Waals surface area contributed by atoms with Crippen molar-refractivity contribution in [3.63, 3.8) is 0 Å². The molecule has 5 rings (SSSR count). The van der Waals surface area contributed by atoms with Crippen molar-refractivity contribution in [3.8, 4) is 11.5 Å². The van der Waals surface area contributed by atoms with Crippen LogP contribution in [0.15, 0.2) is 65.4 Å². The van der Waals surface area contributed by atoms with Gasteiger partial charge in [-0.2, -0.15) is 13.2 Å². The molecule has 1 aliphatic rings. The quantitative estimate of drug-likeness (QED) is 0.381. The summed E-state index contributed by atoms with van der Waals surface area (Å²) in [6, 6.07) is 13.5. The fourth-order valence-corrected chi connectivity index (χ4v) is 4.30. The number of fused-ring (bicyclic) bond motifs is 1. The van der Waals surface area contributed by atoms with E-state index in [0.29, 0.717) is 48.7 Å². The molecule has 174 valence electrons. The van der Waals surface area contributed by atoms with E-state index in [1.54, 1.807) is 34.3 Å². The molecule has 0 N–H and O–H groups in total. The van der Waals surface area contributed by atoms with Gasteiger partial charge in [0.25, 0.3) is 5.91 Å². The van der Waals surface area contributed by atoms with Gasteiger partial charge in [0, 0.05) is 37.8 Å². The van der Waals surface area contributed by atoms with Gasteiger partial charge in [-0.05, 0) is 30.3 Å². The monoisotopic (exact) mass is 486 g/mol. The zero-order valence-electron chi connectivity index (χ0n) is 17.7. The van der Waals surface area contributed by atoms with Crippen LogP contribution in [0.2, 0.25) is 5.02 Å². The van der Waals surface area contributed by atoms with Crippen LogP contribution in [0.3, 0.4) is 0 Å². The third-order valence-electron chi connectivity index (χ3n) is 5.74. The summed E-state index contributed by atoms with van der Waals surface area (Å²) in [5, 5.41) is 0.663. The lowest BCUT2D eigenvalue weighted by atomic mass is 10.0. The summed E-state index contributed by atoms with van der Waals surface area (Å²) >= 11 is 6.09. The number of hydrogen-bond acceptors (Lipinski definition) is 5. The van der Waals surface area contributed by atoms with Crippen LogP contribution >= 0.6 is 11.6 Å². The van der Waals surface area contributed by atoms with Crippen LogP contribution in [0.5, 0.6) is 0 Å². The lowest BCUT2D eigenvalue weighted by molar-refractivity contribution is -0.137. The van der Waals surface area contributed by atoms with Gasteiger partial charge in [-0.1, -0.05) is 29.8 Å². The van der Waals surface area contributed by atoms with Crippen LogP contribution in [0.4, 0.5) is 19.0 Å². The van der Waals surface area contributed by atoms with E-state index >= 15 is 0 Å². The van der Waals surface area contributed by atoms with Gasteiger partial charge in [0.05, 0.1) is 27.9 Å². The van der Waals surface area contributed by atoms with E-state index in [9.17, 15) is 18.0 Å². The minimum Gasteiger partial charge on any atom is -0.463 e. The maximum Gasteiger partial charge on any atom is 0.417 e. The number of pyridine rings is 2. The van der Waals surface area contributed by atoms with E-state index in [1.165, 1.54) is 0 Å². The molecule has 0 saturated carbocycles. The Labute approximate surface area is 197 Å². The number of amides is 1. The Kier molecular flexibility index (Phi) is 5.65. The molecular weight excluding hydrogens is 469 g/mol. The van der Waals surface area contributed by atoms with E-state index in [2.05, 4.69) is 9.97 Å². The SMILES string of the molecule is O=C(c1cc(-c2ccco2)nc2ccccc12)N1CCN(c2ncc(C(F)(F)F)cc2Cl)CC1. The summed E-state index contributed by atoms with van der Waals surface area (Å²) < 4.78 is 44.2. The van der Waals surface area contributed by atoms with Gasteiger partial charge in [-0.25, -0.2) is 9.97 Å². The zero-order chi connectivity index (χ0) is 23.9. The number of alkyl halides is 3. The number of aromatic nitrogens is 2. The highest BCUT2D eigenvalue weighted by molar-refractivity contribution is 6.33. The van der Waals surface area contributed by atoms with Crippen LogP contribution in [0, 0.1) is 0 Å². The van der Waals surface area contributed by atoms with Crippen molar-refractivity contribution < 1.29 is 22.4 Å². The highest BCUT2D eigenvalue weighted by Gasteiger charge is 2.32. The average molecular weight is 487 g/mol. The first-order chi connectivity index (χ1) is 16.3. The summed E-state index contributed by atoms with van der Waals surface area (Å²) in [5.41, 5.74) is 0.855. The molecule has 1 aromatic carbocycles. The van der Waals surface area contributed by atoms with Crippen molar-refractivity contribution in [2.75, 3.05) is 31.1 Å². The largest absolute Gasteiger partial charge is 0.463 e. The Balaban J connectivity index is 1.38. The first-order valence-corrected chi connectivity index (χ1v) is 10.9. The number of carbonyl (C=O) groups excluding carboxylic acids is 1. The van der Waals surface area contributed by atoms with Gasteiger partial charge in [0.15, 0.2) is 5.76 Å². The van der Waals surface area contributed by atoms with Crippen LogP contribution in [0.25, 0.3) is 22.4 Å². The third-order valence-corrected chi connectivity index (χ3v) is 6.01. The van der Waals surface area contributed by atoms with Crippen LogP contribution in [-0.4, -0.2) is 47.0 Å². The molecule has 0 aliphatic carbocycles. The first-order valence-electron chi connectivity index (χ1n) is 10.5. The molecule has 1 fully saturated rings. The lowest BCUT2D eigenvalue weighted by Crippen LogP contribution is -2.49. The van der Waals surface area contributed by atoms with Gasteiger partial charge < -0.3 is 14.2 Å². The van der Waals surface area contributed by atoms with Gasteiger partial charge in [0.2, 0.25) is 0 Å². The number of carbonyl (C=O) groups is 1. The van der Waals surface area contributed by atoms with Gasteiger partial charge in [-0.15, -0.1) is 0 Å². The molecule has 0 radical (unpaired) electrons. The smallest absolute Gasteiger partial charge is 0.417 e. The summed E-state index contributed by atoms with van der Waals surface area (Å²) in [6.45, 7) is 1.50. The number of piperazine rings is 1. The number of nitrogens with zero attached hydrogens (tertiary/aromatic N) is 4. The summed E-state index contributed by atoms with van der Waals surface area (Å²) in [6.07, 6.45) is -2.19. The lowest BCUT2D eigenvalue weighted by Gasteiger charge is -2.36. The van der Waals surface area contributed by atoms with E-state index in [-0.39, 0.29) is 16.7 Å². The van der Waals surface area contributed by atoms with Gasteiger partial charge in [-0.3, -0.25) is 4.79 Å². The summed E-state index contributed by atoms with van der Waals surface area (Å²) in [5.74, 6) is 0.682. The third kappa shape index (κ3) is 4.19. The Morgan fingerprint density at radius 1 is 1.03 bits per heavy atom. The van der Waals surface area contributed by atoms with Gasteiger partial charge >= 0.3 is 6.18 Å². The maximum atomic E-state index is 13.5. The Morgan fingerprint density at radius 2 is 1.79 bits per heavy atom. The molecule has 6 nitrogen and oxygen atoms in total. The standard InChI is InChI=1S/C24H18ClF3N4O2/c25-18-12-15(24(26,27)28)14-29-22(18)31-7-9-32(10-8-31)23(33)17-13-20(21-6-3-11-34-21)30-19-5-2-1-4-16(17)19/h1-6,11-14H,7-10H2. The molecule has 10 heteroatoms. The molecule has 4 heterocycles. The highest BCUT2D eigenvalue weighted by Crippen LogP contribution is 2.34. The van der Waals surface area contributed by atoms with Crippen molar-refractivity contribution in [2.24, 2.45) is 0 Å². The number of rotatable bonds is 3. The Bertz CT molecular complexity index is 1350. The molecule has 0 spiro atoms. The topological polar surface area (TPSA) is 62.5 Å². The number of benzene rings is 1. The molecule has 0 unspecified atom stereocenters. The predicted octanol–water partition coefficient (Wildman–Crippen LogP) is 5.52. The number of para-hydroxylation sites is 1. The highest BCUT2D eigenvalue weighted by atomic mass is 35.5. The Hall–Kier alpha value is -3.59. The fraction of sp³-hybridized carbons (Fsp3) is 0.208. The molecule has 34 heavy (non-hydrogen) atoms.